The average Bonchev–Trinajstić information content (AvgIpc) is 3.11. The smallest absolute Gasteiger partial charge is 0.328 e. The van der Waals surface area contributed by atoms with E-state index in [1.165, 1.54) is 10.6 Å². The normalized spacial score (nSPS) is 14.9. The lowest BCUT2D eigenvalue weighted by Crippen LogP contribution is -2.24. The molecule has 1 heterocycles. The molecule has 1 saturated carbocycles. The quantitative estimate of drug-likeness (QED) is 0.840. The van der Waals surface area contributed by atoms with Gasteiger partial charge in [-0.2, -0.15) is 0 Å². The Morgan fingerprint density at radius 3 is 2.78 bits per heavy atom. The van der Waals surface area contributed by atoms with Gasteiger partial charge in [-0.15, -0.1) is 0 Å². The van der Waals surface area contributed by atoms with Crippen LogP contribution in [0.15, 0.2) is 35.4 Å². The van der Waals surface area contributed by atoms with Gasteiger partial charge < -0.3 is 5.73 Å². The first kappa shape index (κ1) is 11.1. The van der Waals surface area contributed by atoms with Crippen LogP contribution in [-0.2, 0) is 6.54 Å². The van der Waals surface area contributed by atoms with Crippen molar-refractivity contribution in [3.8, 4) is 0 Å². The van der Waals surface area contributed by atoms with E-state index in [4.69, 9.17) is 5.73 Å². The van der Waals surface area contributed by atoms with Crippen LogP contribution in [0.2, 0.25) is 0 Å². The summed E-state index contributed by atoms with van der Waals surface area (Å²) in [6.45, 7) is 0.178. The molecule has 2 aromatic rings. The van der Waals surface area contributed by atoms with E-state index in [2.05, 4.69) is 0 Å². The summed E-state index contributed by atoms with van der Waals surface area (Å²) < 4.78 is 16.8. The number of nitrogen functional groups attached to an aromatic ring is 1. The monoisotopic (exact) mass is 247 g/mol. The number of hydrogen-bond acceptors (Lipinski definition) is 2. The molecule has 94 valence electrons. The van der Waals surface area contributed by atoms with E-state index in [0.29, 0.717) is 17.3 Å². The Labute approximate surface area is 103 Å². The van der Waals surface area contributed by atoms with Crippen LogP contribution in [0.4, 0.5) is 10.1 Å². The van der Waals surface area contributed by atoms with Gasteiger partial charge in [-0.05, 0) is 25.0 Å². The van der Waals surface area contributed by atoms with Gasteiger partial charge in [-0.1, -0.05) is 6.07 Å². The van der Waals surface area contributed by atoms with E-state index in [0.717, 1.165) is 12.8 Å². The summed E-state index contributed by atoms with van der Waals surface area (Å²) in [6.07, 6.45) is 5.54. The summed E-state index contributed by atoms with van der Waals surface area (Å²) in [7, 11) is 0. The molecule has 0 bridgehead atoms. The zero-order valence-corrected chi connectivity index (χ0v) is 9.84. The second kappa shape index (κ2) is 4.01. The zero-order chi connectivity index (χ0) is 12.7. The minimum absolute atomic E-state index is 0.0971. The fraction of sp³-hybridized carbons (Fsp3) is 0.308. The van der Waals surface area contributed by atoms with Crippen molar-refractivity contribution in [1.29, 1.82) is 0 Å². The summed E-state index contributed by atoms with van der Waals surface area (Å²) in [5.41, 5.74) is 6.38. The van der Waals surface area contributed by atoms with Crippen LogP contribution >= 0.6 is 0 Å². The summed E-state index contributed by atoms with van der Waals surface area (Å²) in [4.78, 5) is 12.0. The van der Waals surface area contributed by atoms with E-state index >= 15 is 0 Å². The molecule has 1 aromatic heterocycles. The topological polar surface area (TPSA) is 52.9 Å². The summed E-state index contributed by atoms with van der Waals surface area (Å²) >= 11 is 0. The molecule has 1 aliphatic rings. The molecule has 0 spiro atoms. The Hall–Kier alpha value is -2.04. The van der Waals surface area contributed by atoms with Crippen molar-refractivity contribution in [3.05, 3.63) is 52.5 Å². The van der Waals surface area contributed by atoms with E-state index in [1.54, 1.807) is 29.1 Å². The number of halogens is 1. The van der Waals surface area contributed by atoms with Crippen LogP contribution < -0.4 is 11.4 Å². The molecule has 0 aliphatic heterocycles. The van der Waals surface area contributed by atoms with Gasteiger partial charge in [-0.25, -0.2) is 9.18 Å². The number of nitrogens with two attached hydrogens (primary N) is 1. The molecule has 0 amide bonds. The van der Waals surface area contributed by atoms with Crippen LogP contribution in [0.25, 0.3) is 0 Å². The third kappa shape index (κ3) is 1.81. The lowest BCUT2D eigenvalue weighted by molar-refractivity contribution is 0.591. The Bertz CT molecular complexity index is 620. The molecule has 5 heteroatoms. The standard InChI is InChI=1S/C13H14FN3O/c14-11-2-1-3-12(15)10(11)8-16-6-7-17(13(16)18)9-4-5-9/h1-3,6-7,9H,4-5,8,15H2. The van der Waals surface area contributed by atoms with Crippen molar-refractivity contribution in [3.63, 3.8) is 0 Å². The van der Waals surface area contributed by atoms with Crippen molar-refractivity contribution in [2.75, 3.05) is 5.73 Å². The van der Waals surface area contributed by atoms with Crippen molar-refractivity contribution in [2.45, 2.75) is 25.4 Å². The van der Waals surface area contributed by atoms with E-state index in [9.17, 15) is 9.18 Å². The zero-order valence-electron chi connectivity index (χ0n) is 9.84. The second-order valence-electron chi connectivity index (χ2n) is 4.65. The molecule has 0 atom stereocenters. The molecule has 18 heavy (non-hydrogen) atoms. The lowest BCUT2D eigenvalue weighted by Gasteiger charge is -2.07. The summed E-state index contributed by atoms with van der Waals surface area (Å²) in [5.74, 6) is -0.374. The van der Waals surface area contributed by atoms with E-state index in [-0.39, 0.29) is 18.1 Å². The molecule has 3 rings (SSSR count). The SMILES string of the molecule is Nc1cccc(F)c1Cn1ccn(C2CC2)c1=O. The molecule has 1 aromatic carbocycles. The first-order chi connectivity index (χ1) is 8.66. The molecule has 0 unspecified atom stereocenters. The minimum atomic E-state index is -0.374. The molecule has 4 nitrogen and oxygen atoms in total. The largest absolute Gasteiger partial charge is 0.398 e. The Balaban J connectivity index is 1.95. The van der Waals surface area contributed by atoms with Gasteiger partial charge in [-0.3, -0.25) is 9.13 Å². The average molecular weight is 247 g/mol. The van der Waals surface area contributed by atoms with Crippen molar-refractivity contribution < 1.29 is 4.39 Å². The first-order valence-electron chi connectivity index (χ1n) is 5.97. The van der Waals surface area contributed by atoms with Crippen molar-refractivity contribution >= 4 is 5.69 Å². The Kier molecular flexibility index (Phi) is 2.47. The van der Waals surface area contributed by atoms with Crippen LogP contribution in [0.3, 0.4) is 0 Å². The highest BCUT2D eigenvalue weighted by Crippen LogP contribution is 2.33. The van der Waals surface area contributed by atoms with Gasteiger partial charge >= 0.3 is 5.69 Å². The maximum Gasteiger partial charge on any atom is 0.328 e. The highest BCUT2D eigenvalue weighted by atomic mass is 19.1. The fourth-order valence-corrected chi connectivity index (χ4v) is 2.09. The summed E-state index contributed by atoms with van der Waals surface area (Å²) in [5, 5.41) is 0. The van der Waals surface area contributed by atoms with Crippen molar-refractivity contribution in [1.82, 2.24) is 9.13 Å². The van der Waals surface area contributed by atoms with Crippen LogP contribution in [-0.4, -0.2) is 9.13 Å². The van der Waals surface area contributed by atoms with Gasteiger partial charge in [0, 0.05) is 29.7 Å². The van der Waals surface area contributed by atoms with E-state index < -0.39 is 0 Å². The van der Waals surface area contributed by atoms with Crippen LogP contribution in [0, 0.1) is 5.82 Å². The molecule has 0 saturated heterocycles. The number of aromatic nitrogens is 2. The number of nitrogens with zero attached hydrogens (tertiary/aromatic N) is 2. The Morgan fingerprint density at radius 1 is 1.33 bits per heavy atom. The minimum Gasteiger partial charge on any atom is -0.398 e. The van der Waals surface area contributed by atoms with Gasteiger partial charge in [0.15, 0.2) is 0 Å². The molecular weight excluding hydrogens is 233 g/mol. The number of hydrogen-bond donors (Lipinski definition) is 1. The van der Waals surface area contributed by atoms with E-state index in [1.807, 2.05) is 0 Å². The number of imidazole rings is 1. The predicted octanol–water partition coefficient (Wildman–Crippen LogP) is 1.75. The molecular formula is C13H14FN3O. The number of rotatable bonds is 3. The third-order valence-electron chi connectivity index (χ3n) is 3.30. The van der Waals surface area contributed by atoms with Gasteiger partial charge in [0.25, 0.3) is 0 Å². The lowest BCUT2D eigenvalue weighted by atomic mass is 10.1. The molecule has 1 aliphatic carbocycles. The number of anilines is 1. The van der Waals surface area contributed by atoms with Crippen LogP contribution in [0.5, 0.6) is 0 Å². The second-order valence-corrected chi connectivity index (χ2v) is 4.65. The van der Waals surface area contributed by atoms with Gasteiger partial charge in [0.2, 0.25) is 0 Å². The van der Waals surface area contributed by atoms with Crippen molar-refractivity contribution in [2.24, 2.45) is 0 Å². The maximum absolute atomic E-state index is 13.6. The van der Waals surface area contributed by atoms with Crippen LogP contribution in [0.1, 0.15) is 24.4 Å². The summed E-state index contributed by atoms with van der Waals surface area (Å²) in [6, 6.07) is 4.89. The highest BCUT2D eigenvalue weighted by molar-refractivity contribution is 5.47. The first-order valence-corrected chi connectivity index (χ1v) is 5.97. The highest BCUT2D eigenvalue weighted by Gasteiger charge is 2.25. The number of benzene rings is 1. The third-order valence-corrected chi connectivity index (χ3v) is 3.30. The molecule has 2 N–H and O–H groups in total. The molecule has 0 radical (unpaired) electrons. The van der Waals surface area contributed by atoms with Gasteiger partial charge in [0.1, 0.15) is 5.82 Å². The van der Waals surface area contributed by atoms with Gasteiger partial charge in [0.05, 0.1) is 6.54 Å². The predicted molar refractivity (Wildman–Crippen MR) is 66.9 cm³/mol. The Morgan fingerprint density at radius 2 is 2.11 bits per heavy atom. The maximum atomic E-state index is 13.6. The molecule has 1 fully saturated rings. The fourth-order valence-electron chi connectivity index (χ4n) is 2.09.